The lowest BCUT2D eigenvalue weighted by Gasteiger charge is -2.20. The van der Waals surface area contributed by atoms with Crippen molar-refractivity contribution in [1.29, 1.82) is 0 Å². The highest BCUT2D eigenvalue weighted by Crippen LogP contribution is 2.38. The summed E-state index contributed by atoms with van der Waals surface area (Å²) < 4.78 is 11.1. The van der Waals surface area contributed by atoms with Gasteiger partial charge in [0.2, 0.25) is 5.91 Å². The molecule has 6 heteroatoms. The first-order chi connectivity index (χ1) is 12.6. The van der Waals surface area contributed by atoms with Gasteiger partial charge in [0.1, 0.15) is 13.2 Å². The molecule has 1 N–H and O–H groups in total. The molecule has 0 atom stereocenters. The molecule has 2 aromatic rings. The van der Waals surface area contributed by atoms with Gasteiger partial charge in [-0.2, -0.15) is 0 Å². The third-order valence-corrected chi connectivity index (χ3v) is 4.71. The summed E-state index contributed by atoms with van der Waals surface area (Å²) in [5, 5.41) is 4.23. The van der Waals surface area contributed by atoms with Crippen LogP contribution in [0.25, 0.3) is 0 Å². The number of rotatable bonds is 7. The fraction of sp³-hybridized carbons (Fsp3) is 0.350. The molecule has 0 saturated carbocycles. The second-order valence-corrected chi connectivity index (χ2v) is 7.03. The number of fused-ring (bicyclic) bond motifs is 1. The first kappa shape index (κ1) is 18.9. The second-order valence-electron chi connectivity index (χ2n) is 6.18. The van der Waals surface area contributed by atoms with E-state index in [0.717, 1.165) is 23.4 Å². The Morgan fingerprint density at radius 2 is 1.77 bits per heavy atom. The van der Waals surface area contributed by atoms with Gasteiger partial charge in [-0.3, -0.25) is 4.79 Å². The number of hydrogen-bond acceptors (Lipinski definition) is 3. The van der Waals surface area contributed by atoms with Crippen LogP contribution in [0.2, 0.25) is 10.0 Å². The van der Waals surface area contributed by atoms with Crippen LogP contribution < -0.4 is 14.8 Å². The molecule has 1 aliphatic heterocycles. The number of ether oxygens (including phenoxy) is 2. The summed E-state index contributed by atoms with van der Waals surface area (Å²) in [6.07, 6.45) is 2.87. The monoisotopic (exact) mass is 393 g/mol. The van der Waals surface area contributed by atoms with Crippen LogP contribution in [-0.2, 0) is 17.6 Å². The SMILES string of the molecule is O=C(CCCc1ccc(Cl)cc1)NCCc1cc(Cl)c2c(c1)OCCO2. The number of halogens is 2. The smallest absolute Gasteiger partial charge is 0.220 e. The van der Waals surface area contributed by atoms with Crippen molar-refractivity contribution in [3.63, 3.8) is 0 Å². The van der Waals surface area contributed by atoms with E-state index in [2.05, 4.69) is 5.32 Å². The number of nitrogens with one attached hydrogen (secondary N) is 1. The van der Waals surface area contributed by atoms with Crippen LogP contribution in [0.15, 0.2) is 36.4 Å². The molecular weight excluding hydrogens is 373 g/mol. The van der Waals surface area contributed by atoms with Gasteiger partial charge in [-0.25, -0.2) is 0 Å². The number of aryl methyl sites for hydroxylation is 1. The molecule has 0 unspecified atom stereocenters. The molecule has 0 saturated heterocycles. The van der Waals surface area contributed by atoms with Gasteiger partial charge in [-0.15, -0.1) is 0 Å². The lowest BCUT2D eigenvalue weighted by Crippen LogP contribution is -2.25. The Kier molecular flexibility index (Phi) is 6.64. The van der Waals surface area contributed by atoms with Crippen molar-refractivity contribution in [3.05, 3.63) is 57.6 Å². The fourth-order valence-corrected chi connectivity index (χ4v) is 3.26. The van der Waals surface area contributed by atoms with E-state index < -0.39 is 0 Å². The third kappa shape index (κ3) is 5.29. The standard InChI is InChI=1S/C20H21Cl2NO3/c21-16-6-4-14(5-7-16)2-1-3-19(24)23-9-8-15-12-17(22)20-18(13-15)25-10-11-26-20/h4-7,12-13H,1-3,8-11H2,(H,23,24). The van der Waals surface area contributed by atoms with Crippen molar-refractivity contribution < 1.29 is 14.3 Å². The highest BCUT2D eigenvalue weighted by molar-refractivity contribution is 6.32. The van der Waals surface area contributed by atoms with Gasteiger partial charge >= 0.3 is 0 Å². The van der Waals surface area contributed by atoms with Crippen molar-refractivity contribution in [1.82, 2.24) is 5.32 Å². The van der Waals surface area contributed by atoms with Gasteiger partial charge < -0.3 is 14.8 Å². The molecule has 0 aliphatic carbocycles. The van der Waals surface area contributed by atoms with Crippen LogP contribution in [0.3, 0.4) is 0 Å². The topological polar surface area (TPSA) is 47.6 Å². The maximum atomic E-state index is 12.0. The Morgan fingerprint density at radius 3 is 2.58 bits per heavy atom. The minimum absolute atomic E-state index is 0.0580. The van der Waals surface area contributed by atoms with E-state index in [1.54, 1.807) is 0 Å². The molecule has 0 aromatic heterocycles. The second kappa shape index (κ2) is 9.15. The fourth-order valence-electron chi connectivity index (χ4n) is 2.85. The molecule has 0 fully saturated rings. The van der Waals surface area contributed by atoms with Crippen LogP contribution in [0, 0.1) is 0 Å². The summed E-state index contributed by atoms with van der Waals surface area (Å²) in [6.45, 7) is 1.60. The predicted octanol–water partition coefficient (Wildman–Crippen LogP) is 4.45. The highest BCUT2D eigenvalue weighted by atomic mass is 35.5. The normalized spacial score (nSPS) is 12.7. The summed E-state index contributed by atoms with van der Waals surface area (Å²) >= 11 is 12.1. The molecule has 0 radical (unpaired) electrons. The number of carbonyl (C=O) groups is 1. The van der Waals surface area contributed by atoms with Gasteiger partial charge in [0.15, 0.2) is 11.5 Å². The lowest BCUT2D eigenvalue weighted by atomic mass is 10.1. The van der Waals surface area contributed by atoms with Crippen molar-refractivity contribution in [2.75, 3.05) is 19.8 Å². The van der Waals surface area contributed by atoms with Crippen LogP contribution >= 0.6 is 23.2 Å². The first-order valence-electron chi connectivity index (χ1n) is 8.71. The van der Waals surface area contributed by atoms with Crippen molar-refractivity contribution in [3.8, 4) is 11.5 Å². The Balaban J connectivity index is 1.39. The zero-order valence-electron chi connectivity index (χ0n) is 14.4. The molecule has 0 spiro atoms. The van der Waals surface area contributed by atoms with Gasteiger partial charge in [0.05, 0.1) is 5.02 Å². The maximum absolute atomic E-state index is 12.0. The van der Waals surface area contributed by atoms with Crippen LogP contribution in [0.5, 0.6) is 11.5 Å². The third-order valence-electron chi connectivity index (χ3n) is 4.18. The van der Waals surface area contributed by atoms with Gasteiger partial charge in [-0.1, -0.05) is 35.3 Å². The van der Waals surface area contributed by atoms with Crippen LogP contribution in [0.4, 0.5) is 0 Å². The predicted molar refractivity (Wildman–Crippen MR) is 104 cm³/mol. The molecule has 4 nitrogen and oxygen atoms in total. The maximum Gasteiger partial charge on any atom is 0.220 e. The van der Waals surface area contributed by atoms with Crippen molar-refractivity contribution in [2.45, 2.75) is 25.7 Å². The van der Waals surface area contributed by atoms with Crippen LogP contribution in [-0.4, -0.2) is 25.7 Å². The average Bonchev–Trinajstić information content (AvgIpc) is 2.63. The van der Waals surface area contributed by atoms with Crippen molar-refractivity contribution in [2.24, 2.45) is 0 Å². The minimum Gasteiger partial charge on any atom is -0.486 e. The largest absolute Gasteiger partial charge is 0.486 e. The van der Waals surface area contributed by atoms with E-state index >= 15 is 0 Å². The number of carbonyl (C=O) groups excluding carboxylic acids is 1. The van der Waals surface area contributed by atoms with Gasteiger partial charge in [0.25, 0.3) is 0 Å². The Labute approximate surface area is 163 Å². The van der Waals surface area contributed by atoms with E-state index in [9.17, 15) is 4.79 Å². The Morgan fingerprint density at radius 1 is 1.00 bits per heavy atom. The average molecular weight is 394 g/mol. The molecule has 0 bridgehead atoms. The molecule has 2 aromatic carbocycles. The minimum atomic E-state index is 0.0580. The zero-order valence-corrected chi connectivity index (χ0v) is 15.9. The summed E-state index contributed by atoms with van der Waals surface area (Å²) in [7, 11) is 0. The van der Waals surface area contributed by atoms with Crippen molar-refractivity contribution >= 4 is 29.1 Å². The van der Waals surface area contributed by atoms with E-state index in [1.165, 1.54) is 5.56 Å². The number of hydrogen-bond donors (Lipinski definition) is 1. The molecular formula is C20H21Cl2NO3. The van der Waals surface area contributed by atoms with E-state index in [0.29, 0.717) is 49.1 Å². The number of amides is 1. The first-order valence-corrected chi connectivity index (χ1v) is 9.46. The lowest BCUT2D eigenvalue weighted by molar-refractivity contribution is -0.121. The highest BCUT2D eigenvalue weighted by Gasteiger charge is 2.16. The molecule has 1 amide bonds. The summed E-state index contributed by atoms with van der Waals surface area (Å²) in [5.41, 5.74) is 2.20. The number of benzene rings is 2. The van der Waals surface area contributed by atoms with E-state index in [-0.39, 0.29) is 5.91 Å². The molecule has 3 rings (SSSR count). The quantitative estimate of drug-likeness (QED) is 0.755. The Bertz CT molecular complexity index is 762. The van der Waals surface area contributed by atoms with Gasteiger partial charge in [-0.05, 0) is 54.7 Å². The van der Waals surface area contributed by atoms with E-state index in [1.807, 2.05) is 36.4 Å². The zero-order chi connectivity index (χ0) is 18.4. The molecule has 1 aliphatic rings. The summed E-state index contributed by atoms with van der Waals surface area (Å²) in [5.74, 6) is 1.34. The van der Waals surface area contributed by atoms with Crippen LogP contribution in [0.1, 0.15) is 24.0 Å². The molecule has 1 heterocycles. The summed E-state index contributed by atoms with van der Waals surface area (Å²) in [4.78, 5) is 12.0. The van der Waals surface area contributed by atoms with Gasteiger partial charge in [0, 0.05) is 18.0 Å². The Hall–Kier alpha value is -1.91. The molecule has 26 heavy (non-hydrogen) atoms. The summed E-state index contributed by atoms with van der Waals surface area (Å²) in [6, 6.07) is 11.5. The molecule has 138 valence electrons. The van der Waals surface area contributed by atoms with E-state index in [4.69, 9.17) is 32.7 Å².